The monoisotopic (exact) mass is 461 g/mol. The third-order valence-electron chi connectivity index (χ3n) is 5.91. The zero-order chi connectivity index (χ0) is 18.2. The first kappa shape index (κ1) is 18.7. The van der Waals surface area contributed by atoms with Crippen molar-refractivity contribution in [2.45, 2.75) is 45.4 Å². The highest BCUT2D eigenvalue weighted by Gasteiger charge is 2.40. The van der Waals surface area contributed by atoms with Gasteiger partial charge in [0.05, 0.1) is 8.07 Å². The zero-order valence-electron chi connectivity index (χ0n) is 15.9. The van der Waals surface area contributed by atoms with Crippen LogP contribution in [-0.4, -0.2) is 14.6 Å². The molecule has 0 saturated heterocycles. The second kappa shape index (κ2) is 6.91. The molecule has 0 saturated carbocycles. The average molecular weight is 461 g/mol. The van der Waals surface area contributed by atoms with Gasteiger partial charge >= 0.3 is 0 Å². The van der Waals surface area contributed by atoms with E-state index in [-0.39, 0.29) is 0 Å². The minimum atomic E-state index is -1.60. The van der Waals surface area contributed by atoms with Gasteiger partial charge in [0.25, 0.3) is 0 Å². The Morgan fingerprint density at radius 3 is 2.40 bits per heavy atom. The van der Waals surface area contributed by atoms with E-state index in [9.17, 15) is 0 Å². The number of fused-ring (bicyclic) bond motifs is 1. The molecular formula is C22H28INSi. The lowest BCUT2D eigenvalue weighted by Gasteiger charge is -2.39. The lowest BCUT2D eigenvalue weighted by Crippen LogP contribution is -2.39. The molecule has 2 aromatic rings. The van der Waals surface area contributed by atoms with E-state index in [0.29, 0.717) is 5.04 Å². The molecule has 1 heterocycles. The van der Waals surface area contributed by atoms with E-state index in [0.717, 1.165) is 13.1 Å². The van der Waals surface area contributed by atoms with Gasteiger partial charge in [-0.15, -0.1) is 0 Å². The highest BCUT2D eigenvalue weighted by Crippen LogP contribution is 2.45. The van der Waals surface area contributed by atoms with Crippen molar-refractivity contribution < 1.29 is 0 Å². The summed E-state index contributed by atoms with van der Waals surface area (Å²) in [5, 5.41) is 1.95. The summed E-state index contributed by atoms with van der Waals surface area (Å²) in [6.45, 7) is 14.2. The van der Waals surface area contributed by atoms with E-state index in [1.165, 1.54) is 20.4 Å². The first-order valence-corrected chi connectivity index (χ1v) is 13.1. The minimum absolute atomic E-state index is 0.337. The molecule has 0 fully saturated rings. The van der Waals surface area contributed by atoms with Crippen molar-refractivity contribution in [1.29, 1.82) is 0 Å². The number of rotatable bonds is 2. The van der Waals surface area contributed by atoms with Crippen LogP contribution in [0, 0.1) is 3.57 Å². The smallest absolute Gasteiger partial charge is 0.0863 e. The SMILES string of the molecule is CC(C)(C)[Si](C)(C)C1=CCN(c2cccc(I)c2)Cc2ccccc21. The molecular weight excluding hydrogens is 433 g/mol. The summed E-state index contributed by atoms with van der Waals surface area (Å²) in [7, 11) is -1.60. The molecule has 0 atom stereocenters. The van der Waals surface area contributed by atoms with E-state index < -0.39 is 8.07 Å². The molecule has 25 heavy (non-hydrogen) atoms. The average Bonchev–Trinajstić information content (AvgIpc) is 2.73. The first-order valence-electron chi connectivity index (χ1n) is 8.99. The molecule has 132 valence electrons. The summed E-state index contributed by atoms with van der Waals surface area (Å²) in [6.07, 6.45) is 2.52. The van der Waals surface area contributed by atoms with Crippen LogP contribution in [0.3, 0.4) is 0 Å². The van der Waals surface area contributed by atoms with Gasteiger partial charge in [-0.1, -0.05) is 75.5 Å². The molecule has 0 bridgehead atoms. The van der Waals surface area contributed by atoms with Crippen molar-refractivity contribution in [3.8, 4) is 0 Å². The normalized spacial score (nSPS) is 15.4. The standard InChI is InChI=1S/C22H28INSi/c1-22(2,3)25(4,5)21-13-14-24(19-11-8-10-18(23)15-19)16-17-9-6-7-12-20(17)21/h6-13,15H,14,16H2,1-5H3. The number of halogens is 1. The molecule has 1 aliphatic heterocycles. The van der Waals surface area contributed by atoms with Gasteiger partial charge < -0.3 is 4.90 Å². The summed E-state index contributed by atoms with van der Waals surface area (Å²) in [5.41, 5.74) is 4.24. The van der Waals surface area contributed by atoms with Crippen molar-refractivity contribution in [2.75, 3.05) is 11.4 Å². The Bertz CT molecular complexity index is 802. The van der Waals surface area contributed by atoms with E-state index in [1.807, 2.05) is 0 Å². The van der Waals surface area contributed by atoms with Crippen LogP contribution in [0.25, 0.3) is 5.20 Å². The molecule has 1 aliphatic rings. The predicted molar refractivity (Wildman–Crippen MR) is 122 cm³/mol. The van der Waals surface area contributed by atoms with Crippen LogP contribution in [-0.2, 0) is 6.54 Å². The Labute approximate surface area is 167 Å². The number of hydrogen-bond donors (Lipinski definition) is 0. The Kier molecular flexibility index (Phi) is 5.17. The van der Waals surface area contributed by atoms with Crippen LogP contribution in [0.15, 0.2) is 54.6 Å². The fourth-order valence-electron chi connectivity index (χ4n) is 3.37. The lowest BCUT2D eigenvalue weighted by molar-refractivity contribution is 0.730. The molecule has 3 heteroatoms. The summed E-state index contributed by atoms with van der Waals surface area (Å²) < 4.78 is 1.29. The summed E-state index contributed by atoms with van der Waals surface area (Å²) in [6, 6.07) is 17.9. The maximum Gasteiger partial charge on any atom is 0.0863 e. The molecule has 0 radical (unpaired) electrons. The largest absolute Gasteiger partial charge is 0.363 e. The second-order valence-electron chi connectivity index (χ2n) is 8.51. The fourth-order valence-corrected chi connectivity index (χ4v) is 6.22. The lowest BCUT2D eigenvalue weighted by atomic mass is 10.1. The number of nitrogens with zero attached hydrogens (tertiary/aromatic N) is 1. The van der Waals surface area contributed by atoms with Crippen molar-refractivity contribution >= 4 is 41.5 Å². The van der Waals surface area contributed by atoms with Crippen LogP contribution in [0.2, 0.25) is 18.1 Å². The second-order valence-corrected chi connectivity index (χ2v) is 15.0. The van der Waals surface area contributed by atoms with Gasteiger partial charge in [-0.2, -0.15) is 0 Å². The van der Waals surface area contributed by atoms with Gasteiger partial charge in [-0.3, -0.25) is 0 Å². The fraction of sp³-hybridized carbons (Fsp3) is 0.364. The van der Waals surface area contributed by atoms with Crippen LogP contribution in [0.1, 0.15) is 31.9 Å². The molecule has 1 nitrogen and oxygen atoms in total. The topological polar surface area (TPSA) is 3.24 Å². The van der Waals surface area contributed by atoms with E-state index in [1.54, 1.807) is 5.20 Å². The van der Waals surface area contributed by atoms with Gasteiger partial charge in [0.15, 0.2) is 0 Å². The summed E-state index contributed by atoms with van der Waals surface area (Å²) >= 11 is 2.40. The first-order chi connectivity index (χ1) is 11.7. The Morgan fingerprint density at radius 1 is 1.00 bits per heavy atom. The van der Waals surface area contributed by atoms with Crippen LogP contribution in [0.5, 0.6) is 0 Å². The third-order valence-corrected chi connectivity index (χ3v) is 12.1. The van der Waals surface area contributed by atoms with Crippen LogP contribution < -0.4 is 4.90 Å². The number of anilines is 1. The number of benzene rings is 2. The molecule has 2 aromatic carbocycles. The Hall–Kier alpha value is -1.07. The highest BCUT2D eigenvalue weighted by atomic mass is 127. The van der Waals surface area contributed by atoms with E-state index in [4.69, 9.17) is 0 Å². The molecule has 0 spiro atoms. The highest BCUT2D eigenvalue weighted by molar-refractivity contribution is 14.1. The quantitative estimate of drug-likeness (QED) is 0.354. The van der Waals surface area contributed by atoms with Gasteiger partial charge in [0.1, 0.15) is 0 Å². The van der Waals surface area contributed by atoms with Crippen LogP contribution in [0.4, 0.5) is 5.69 Å². The maximum absolute atomic E-state index is 2.52. The van der Waals surface area contributed by atoms with E-state index in [2.05, 4.69) is 116 Å². The molecule has 0 aromatic heterocycles. The number of hydrogen-bond acceptors (Lipinski definition) is 1. The third kappa shape index (κ3) is 3.72. The van der Waals surface area contributed by atoms with Crippen molar-refractivity contribution in [3.63, 3.8) is 0 Å². The maximum atomic E-state index is 2.52. The predicted octanol–water partition coefficient (Wildman–Crippen LogP) is 6.74. The van der Waals surface area contributed by atoms with Gasteiger partial charge in [-0.05, 0) is 57.0 Å². The van der Waals surface area contributed by atoms with Gasteiger partial charge in [0, 0.05) is 22.3 Å². The molecule has 0 N–H and O–H groups in total. The minimum Gasteiger partial charge on any atom is -0.363 e. The van der Waals surface area contributed by atoms with Gasteiger partial charge in [-0.25, -0.2) is 0 Å². The molecule has 3 rings (SSSR count). The van der Waals surface area contributed by atoms with Crippen molar-refractivity contribution in [3.05, 3.63) is 69.3 Å². The van der Waals surface area contributed by atoms with E-state index >= 15 is 0 Å². The zero-order valence-corrected chi connectivity index (χ0v) is 19.1. The molecule has 0 unspecified atom stereocenters. The van der Waals surface area contributed by atoms with Crippen LogP contribution >= 0.6 is 22.6 Å². The summed E-state index contributed by atoms with van der Waals surface area (Å²) in [4.78, 5) is 2.50. The van der Waals surface area contributed by atoms with Gasteiger partial charge in [0.2, 0.25) is 0 Å². The van der Waals surface area contributed by atoms with Crippen molar-refractivity contribution in [2.24, 2.45) is 0 Å². The summed E-state index contributed by atoms with van der Waals surface area (Å²) in [5.74, 6) is 0. The molecule has 0 amide bonds. The van der Waals surface area contributed by atoms with Crippen molar-refractivity contribution in [1.82, 2.24) is 0 Å². The molecule has 0 aliphatic carbocycles. The Morgan fingerprint density at radius 2 is 1.72 bits per heavy atom. The Balaban J connectivity index is 2.09.